The first kappa shape index (κ1) is 19.3. The van der Waals surface area contributed by atoms with Crippen LogP contribution in [0.5, 0.6) is 0 Å². The van der Waals surface area contributed by atoms with Crippen LogP contribution < -0.4 is 10.6 Å². The number of carbonyl (C=O) groups excluding carboxylic acids is 1. The highest BCUT2D eigenvalue weighted by Crippen LogP contribution is 2.19. The molecule has 1 saturated heterocycles. The second kappa shape index (κ2) is 10.0. The summed E-state index contributed by atoms with van der Waals surface area (Å²) in [5.74, 6) is -0.263. The summed E-state index contributed by atoms with van der Waals surface area (Å²) in [7, 11) is 0. The highest BCUT2D eigenvalue weighted by atomic mass is 16.1. The number of nitrogens with one attached hydrogen (secondary N) is 3. The Morgan fingerprint density at radius 1 is 1.00 bits per heavy atom. The minimum absolute atomic E-state index is 0.263. The zero-order valence-corrected chi connectivity index (χ0v) is 15.6. The summed E-state index contributed by atoms with van der Waals surface area (Å²) in [6, 6.07) is 20.0. The molecule has 1 fully saturated rings. The van der Waals surface area contributed by atoms with Crippen molar-refractivity contribution in [2.75, 3.05) is 18.4 Å². The number of nitrogens with zero attached hydrogens (tertiary/aromatic N) is 2. The molecule has 2 aromatic carbocycles. The van der Waals surface area contributed by atoms with E-state index >= 15 is 0 Å². The number of rotatable bonds is 3. The number of benzene rings is 2. The third-order valence-corrected chi connectivity index (χ3v) is 4.35. The molecular formula is C22H23N5O. The van der Waals surface area contributed by atoms with Gasteiger partial charge in [0.1, 0.15) is 5.69 Å². The van der Waals surface area contributed by atoms with Crippen LogP contribution in [0.4, 0.5) is 5.69 Å². The Balaban J connectivity index is 0.000000320. The van der Waals surface area contributed by atoms with Crippen LogP contribution in [0.25, 0.3) is 11.3 Å². The van der Waals surface area contributed by atoms with Crippen molar-refractivity contribution in [1.29, 1.82) is 5.26 Å². The molecule has 0 spiro atoms. The first-order chi connectivity index (χ1) is 13.8. The predicted molar refractivity (Wildman–Crippen MR) is 110 cm³/mol. The van der Waals surface area contributed by atoms with Crippen LogP contribution in [0, 0.1) is 11.3 Å². The summed E-state index contributed by atoms with van der Waals surface area (Å²) in [5, 5.41) is 21.8. The number of hydrogen-bond acceptors (Lipinski definition) is 4. The van der Waals surface area contributed by atoms with Gasteiger partial charge in [-0.05, 0) is 56.3 Å². The van der Waals surface area contributed by atoms with Crippen molar-refractivity contribution in [3.05, 3.63) is 71.9 Å². The number of nitriles is 1. The SMILES string of the molecule is C1CCNCC1.N#Cc1cccc(-c2cc(C(=O)Nc3ccccc3)[nH]n2)c1. The molecule has 4 rings (SSSR count). The number of anilines is 1. The summed E-state index contributed by atoms with van der Waals surface area (Å²) in [4.78, 5) is 12.1. The van der Waals surface area contributed by atoms with Gasteiger partial charge in [-0.1, -0.05) is 36.8 Å². The molecule has 0 unspecified atom stereocenters. The molecule has 142 valence electrons. The number of hydrogen-bond donors (Lipinski definition) is 3. The Morgan fingerprint density at radius 3 is 2.43 bits per heavy atom. The van der Waals surface area contributed by atoms with Gasteiger partial charge in [0.25, 0.3) is 5.91 Å². The van der Waals surface area contributed by atoms with Gasteiger partial charge >= 0.3 is 0 Å². The number of piperidine rings is 1. The number of H-pyrrole nitrogens is 1. The second-order valence-corrected chi connectivity index (χ2v) is 6.49. The fraction of sp³-hybridized carbons (Fsp3) is 0.227. The van der Waals surface area contributed by atoms with Crippen molar-refractivity contribution < 1.29 is 4.79 Å². The molecule has 0 saturated carbocycles. The lowest BCUT2D eigenvalue weighted by Gasteiger charge is -2.08. The minimum Gasteiger partial charge on any atom is -0.321 e. The van der Waals surface area contributed by atoms with E-state index in [0.717, 1.165) is 11.3 Å². The molecule has 1 aromatic heterocycles. The van der Waals surface area contributed by atoms with E-state index in [0.29, 0.717) is 17.0 Å². The molecule has 0 radical (unpaired) electrons. The molecule has 28 heavy (non-hydrogen) atoms. The molecule has 1 amide bonds. The Kier molecular flexibility index (Phi) is 6.94. The van der Waals surface area contributed by atoms with E-state index in [1.807, 2.05) is 36.4 Å². The van der Waals surface area contributed by atoms with E-state index in [4.69, 9.17) is 5.26 Å². The van der Waals surface area contributed by atoms with Gasteiger partial charge in [-0.2, -0.15) is 10.4 Å². The summed E-state index contributed by atoms with van der Waals surface area (Å²) < 4.78 is 0. The molecule has 3 aromatic rings. The van der Waals surface area contributed by atoms with Crippen LogP contribution >= 0.6 is 0 Å². The molecule has 6 heteroatoms. The Bertz CT molecular complexity index is 927. The molecule has 0 aliphatic carbocycles. The van der Waals surface area contributed by atoms with E-state index in [-0.39, 0.29) is 5.91 Å². The lowest BCUT2D eigenvalue weighted by atomic mass is 10.1. The van der Waals surface area contributed by atoms with E-state index in [1.54, 1.807) is 24.3 Å². The zero-order chi connectivity index (χ0) is 19.6. The highest BCUT2D eigenvalue weighted by Gasteiger charge is 2.11. The zero-order valence-electron chi connectivity index (χ0n) is 15.6. The number of aromatic nitrogens is 2. The van der Waals surface area contributed by atoms with E-state index in [2.05, 4.69) is 26.9 Å². The van der Waals surface area contributed by atoms with Crippen molar-refractivity contribution in [2.45, 2.75) is 19.3 Å². The van der Waals surface area contributed by atoms with E-state index < -0.39 is 0 Å². The maximum Gasteiger partial charge on any atom is 0.273 e. The normalized spacial score (nSPS) is 13.0. The number of carbonyl (C=O) groups is 1. The monoisotopic (exact) mass is 373 g/mol. The van der Waals surface area contributed by atoms with Gasteiger partial charge in [0, 0.05) is 11.3 Å². The summed E-state index contributed by atoms with van der Waals surface area (Å²) in [6.07, 6.45) is 4.22. The number of para-hydroxylation sites is 1. The van der Waals surface area contributed by atoms with Gasteiger partial charge in [-0.25, -0.2) is 0 Å². The third kappa shape index (κ3) is 5.53. The molecule has 6 nitrogen and oxygen atoms in total. The van der Waals surface area contributed by atoms with Gasteiger partial charge in [0.05, 0.1) is 17.3 Å². The van der Waals surface area contributed by atoms with Crippen LogP contribution in [0.2, 0.25) is 0 Å². The first-order valence-corrected chi connectivity index (χ1v) is 9.39. The Morgan fingerprint density at radius 2 is 1.79 bits per heavy atom. The standard InChI is InChI=1S/C17H12N4O.C5H11N/c18-11-12-5-4-6-13(9-12)15-10-16(21-20-15)17(22)19-14-7-2-1-3-8-14;1-2-4-6-5-3-1/h1-10H,(H,19,22)(H,20,21);6H,1-5H2. The molecule has 2 heterocycles. The largest absolute Gasteiger partial charge is 0.321 e. The number of aromatic amines is 1. The van der Waals surface area contributed by atoms with Gasteiger partial charge in [-0.15, -0.1) is 0 Å². The molecule has 3 N–H and O–H groups in total. The van der Waals surface area contributed by atoms with Gasteiger partial charge in [0.15, 0.2) is 0 Å². The smallest absolute Gasteiger partial charge is 0.273 e. The quantitative estimate of drug-likeness (QED) is 0.648. The molecule has 0 atom stereocenters. The topological polar surface area (TPSA) is 93.6 Å². The van der Waals surface area contributed by atoms with Crippen LogP contribution in [0.1, 0.15) is 35.3 Å². The average molecular weight is 373 g/mol. The van der Waals surface area contributed by atoms with Crippen LogP contribution in [-0.4, -0.2) is 29.2 Å². The molecular weight excluding hydrogens is 350 g/mol. The van der Waals surface area contributed by atoms with Crippen molar-refractivity contribution in [3.63, 3.8) is 0 Å². The second-order valence-electron chi connectivity index (χ2n) is 6.49. The molecule has 1 aliphatic rings. The van der Waals surface area contributed by atoms with Crippen LogP contribution in [-0.2, 0) is 0 Å². The number of amides is 1. The van der Waals surface area contributed by atoms with Crippen molar-refractivity contribution >= 4 is 11.6 Å². The lowest BCUT2D eigenvalue weighted by molar-refractivity contribution is 0.102. The fourth-order valence-electron chi connectivity index (χ4n) is 2.86. The Hall–Kier alpha value is -3.43. The summed E-state index contributed by atoms with van der Waals surface area (Å²) in [5.41, 5.74) is 3.04. The molecule has 1 aliphatic heterocycles. The van der Waals surface area contributed by atoms with Gasteiger partial charge < -0.3 is 10.6 Å². The summed E-state index contributed by atoms with van der Waals surface area (Å²) in [6.45, 7) is 2.50. The van der Waals surface area contributed by atoms with Gasteiger partial charge in [-0.3, -0.25) is 9.89 Å². The fourth-order valence-corrected chi connectivity index (χ4v) is 2.86. The summed E-state index contributed by atoms with van der Waals surface area (Å²) >= 11 is 0. The first-order valence-electron chi connectivity index (χ1n) is 9.39. The average Bonchev–Trinajstić information content (AvgIpc) is 3.27. The Labute approximate surface area is 164 Å². The van der Waals surface area contributed by atoms with Crippen molar-refractivity contribution in [1.82, 2.24) is 15.5 Å². The van der Waals surface area contributed by atoms with E-state index in [9.17, 15) is 4.79 Å². The third-order valence-electron chi connectivity index (χ3n) is 4.35. The van der Waals surface area contributed by atoms with Crippen molar-refractivity contribution in [2.24, 2.45) is 0 Å². The van der Waals surface area contributed by atoms with Crippen molar-refractivity contribution in [3.8, 4) is 17.3 Å². The van der Waals surface area contributed by atoms with Crippen LogP contribution in [0.15, 0.2) is 60.7 Å². The minimum atomic E-state index is -0.263. The van der Waals surface area contributed by atoms with Crippen LogP contribution in [0.3, 0.4) is 0 Å². The predicted octanol–water partition coefficient (Wildman–Crippen LogP) is 3.96. The lowest BCUT2D eigenvalue weighted by Crippen LogP contribution is -2.21. The highest BCUT2D eigenvalue weighted by molar-refractivity contribution is 6.03. The van der Waals surface area contributed by atoms with Gasteiger partial charge in [0.2, 0.25) is 0 Å². The van der Waals surface area contributed by atoms with E-state index in [1.165, 1.54) is 32.4 Å². The maximum atomic E-state index is 12.1. The molecule has 0 bridgehead atoms. The maximum absolute atomic E-state index is 12.1.